The van der Waals surface area contributed by atoms with Crippen LogP contribution in [0.25, 0.3) is 0 Å². The molecule has 2 rings (SSSR count). The molecule has 0 aromatic heterocycles. The summed E-state index contributed by atoms with van der Waals surface area (Å²) in [5.41, 5.74) is 0.916. The van der Waals surface area contributed by atoms with Gasteiger partial charge >= 0.3 is 12.1 Å². The minimum absolute atomic E-state index is 0.0732. The van der Waals surface area contributed by atoms with Crippen LogP contribution < -0.4 is 0 Å². The number of likely N-dealkylation sites (tertiary alicyclic amines) is 1. The van der Waals surface area contributed by atoms with Crippen LogP contribution in [-0.4, -0.2) is 41.1 Å². The molecule has 1 aliphatic rings. The Morgan fingerprint density at radius 2 is 1.95 bits per heavy atom. The zero-order chi connectivity index (χ0) is 14.7. The lowest BCUT2D eigenvalue weighted by Gasteiger charge is -2.34. The minimum Gasteiger partial charge on any atom is -0.467 e. The first kappa shape index (κ1) is 14.0. The van der Waals surface area contributed by atoms with Crippen LogP contribution in [0.3, 0.4) is 0 Å². The second-order valence-electron chi connectivity index (χ2n) is 4.63. The number of nitrogens with zero attached hydrogens (tertiary/aromatic N) is 1. The molecule has 1 aromatic carbocycles. The number of amides is 2. The van der Waals surface area contributed by atoms with E-state index in [1.165, 1.54) is 7.11 Å². The van der Waals surface area contributed by atoms with Gasteiger partial charge in [-0.3, -0.25) is 4.79 Å². The molecule has 1 saturated heterocycles. The molecule has 1 N–H and O–H groups in total. The fourth-order valence-electron chi connectivity index (χ4n) is 2.50. The number of rotatable bonds is 2. The van der Waals surface area contributed by atoms with Gasteiger partial charge in [-0.15, -0.1) is 0 Å². The summed E-state index contributed by atoms with van der Waals surface area (Å²) in [7, 11) is 1.18. The Balaban J connectivity index is 2.29. The van der Waals surface area contributed by atoms with E-state index in [4.69, 9.17) is 5.11 Å². The van der Waals surface area contributed by atoms with Gasteiger partial charge in [0.2, 0.25) is 5.91 Å². The Bertz CT molecular complexity index is 528. The Labute approximate surface area is 115 Å². The molecule has 106 valence electrons. The van der Waals surface area contributed by atoms with E-state index in [1.54, 1.807) is 0 Å². The number of benzene rings is 1. The van der Waals surface area contributed by atoms with Crippen LogP contribution in [0.4, 0.5) is 4.79 Å². The molecule has 1 heterocycles. The molecule has 0 saturated carbocycles. The van der Waals surface area contributed by atoms with Gasteiger partial charge < -0.3 is 9.84 Å². The fraction of sp³-hybridized carbons (Fsp3) is 0.357. The van der Waals surface area contributed by atoms with Gasteiger partial charge in [0.25, 0.3) is 0 Å². The van der Waals surface area contributed by atoms with Crippen LogP contribution in [0.2, 0.25) is 0 Å². The average Bonchev–Trinajstić information content (AvgIpc) is 2.46. The lowest BCUT2D eigenvalue weighted by atomic mass is 9.85. The molecule has 6 nitrogen and oxygen atoms in total. The van der Waals surface area contributed by atoms with Gasteiger partial charge in [-0.1, -0.05) is 30.3 Å². The van der Waals surface area contributed by atoms with Crippen LogP contribution in [0.5, 0.6) is 0 Å². The van der Waals surface area contributed by atoms with Gasteiger partial charge in [-0.05, 0) is 17.9 Å². The zero-order valence-corrected chi connectivity index (χ0v) is 11.0. The van der Waals surface area contributed by atoms with Crippen molar-refractivity contribution in [3.8, 4) is 0 Å². The summed E-state index contributed by atoms with van der Waals surface area (Å²) in [5, 5.41) is 9.08. The number of hydrogen-bond acceptors (Lipinski definition) is 4. The van der Waals surface area contributed by atoms with Crippen LogP contribution in [0, 0.1) is 0 Å². The zero-order valence-electron chi connectivity index (χ0n) is 11.0. The molecule has 0 aliphatic carbocycles. The van der Waals surface area contributed by atoms with Crippen molar-refractivity contribution in [2.24, 2.45) is 0 Å². The van der Waals surface area contributed by atoms with Gasteiger partial charge in [0, 0.05) is 6.42 Å². The predicted molar refractivity (Wildman–Crippen MR) is 69.1 cm³/mol. The van der Waals surface area contributed by atoms with Crippen molar-refractivity contribution in [2.45, 2.75) is 24.8 Å². The first-order chi connectivity index (χ1) is 9.54. The summed E-state index contributed by atoms with van der Waals surface area (Å²) >= 11 is 0. The van der Waals surface area contributed by atoms with E-state index >= 15 is 0 Å². The van der Waals surface area contributed by atoms with Crippen molar-refractivity contribution in [3.63, 3.8) is 0 Å². The SMILES string of the molecule is COC(=O)C1CC(c2ccccc2)CC(=O)N1C(=O)O. The summed E-state index contributed by atoms with van der Waals surface area (Å²) in [6.07, 6.45) is -1.10. The van der Waals surface area contributed by atoms with Crippen LogP contribution in [-0.2, 0) is 14.3 Å². The highest BCUT2D eigenvalue weighted by Crippen LogP contribution is 2.32. The van der Waals surface area contributed by atoms with E-state index in [9.17, 15) is 14.4 Å². The molecular formula is C14H15NO5. The second kappa shape index (κ2) is 5.73. The summed E-state index contributed by atoms with van der Waals surface area (Å²) < 4.78 is 4.61. The van der Waals surface area contributed by atoms with E-state index < -0.39 is 24.0 Å². The largest absolute Gasteiger partial charge is 0.467 e. The van der Waals surface area contributed by atoms with Gasteiger partial charge in [-0.2, -0.15) is 0 Å². The van der Waals surface area contributed by atoms with Crippen molar-refractivity contribution in [1.29, 1.82) is 0 Å². The molecular weight excluding hydrogens is 262 g/mol. The first-order valence-corrected chi connectivity index (χ1v) is 6.22. The highest BCUT2D eigenvalue weighted by atomic mass is 16.5. The van der Waals surface area contributed by atoms with Crippen molar-refractivity contribution < 1.29 is 24.2 Å². The van der Waals surface area contributed by atoms with E-state index in [0.717, 1.165) is 5.56 Å². The van der Waals surface area contributed by atoms with Gasteiger partial charge in [-0.25, -0.2) is 14.5 Å². The number of imide groups is 1. The lowest BCUT2D eigenvalue weighted by Crippen LogP contribution is -2.52. The molecule has 1 aliphatic heterocycles. The molecule has 0 radical (unpaired) electrons. The maximum Gasteiger partial charge on any atom is 0.414 e. The van der Waals surface area contributed by atoms with Gasteiger partial charge in [0.05, 0.1) is 7.11 Å². The predicted octanol–water partition coefficient (Wildman–Crippen LogP) is 1.61. The fourth-order valence-corrected chi connectivity index (χ4v) is 2.50. The second-order valence-corrected chi connectivity index (χ2v) is 4.63. The average molecular weight is 277 g/mol. The van der Waals surface area contributed by atoms with E-state index in [1.807, 2.05) is 30.3 Å². The maximum absolute atomic E-state index is 12.0. The summed E-state index contributed by atoms with van der Waals surface area (Å²) in [6.45, 7) is 0. The molecule has 1 fully saturated rings. The summed E-state index contributed by atoms with van der Waals surface area (Å²) in [5.74, 6) is -1.46. The standard InChI is InChI=1S/C14H15NO5/c1-20-13(17)11-7-10(9-5-3-2-4-6-9)8-12(16)15(11)14(18)19/h2-6,10-11H,7-8H2,1H3,(H,18,19). The quantitative estimate of drug-likeness (QED) is 0.830. The number of carboxylic acid groups (broad SMARTS) is 1. The molecule has 2 amide bonds. The third-order valence-electron chi connectivity index (χ3n) is 3.46. The number of methoxy groups -OCH3 is 1. The number of carbonyl (C=O) groups excluding carboxylic acids is 2. The monoisotopic (exact) mass is 277 g/mol. The highest BCUT2D eigenvalue weighted by molar-refractivity contribution is 5.97. The smallest absolute Gasteiger partial charge is 0.414 e. The van der Waals surface area contributed by atoms with Crippen molar-refractivity contribution in [3.05, 3.63) is 35.9 Å². The topological polar surface area (TPSA) is 83.9 Å². The van der Waals surface area contributed by atoms with E-state index in [2.05, 4.69) is 4.74 Å². The summed E-state index contributed by atoms with van der Waals surface area (Å²) in [6, 6.07) is 8.19. The third kappa shape index (κ3) is 2.64. The van der Waals surface area contributed by atoms with Crippen molar-refractivity contribution in [1.82, 2.24) is 4.90 Å². The molecule has 2 atom stereocenters. The molecule has 6 heteroatoms. The van der Waals surface area contributed by atoms with Crippen LogP contribution in [0.15, 0.2) is 30.3 Å². The molecule has 0 bridgehead atoms. The van der Waals surface area contributed by atoms with Crippen molar-refractivity contribution >= 4 is 18.0 Å². The third-order valence-corrected chi connectivity index (χ3v) is 3.46. The van der Waals surface area contributed by atoms with Crippen molar-refractivity contribution in [2.75, 3.05) is 7.11 Å². The Hall–Kier alpha value is -2.37. The Kier molecular flexibility index (Phi) is 4.02. The first-order valence-electron chi connectivity index (χ1n) is 6.22. The minimum atomic E-state index is -1.42. The number of ether oxygens (including phenoxy) is 1. The van der Waals surface area contributed by atoms with E-state index in [-0.39, 0.29) is 18.8 Å². The Morgan fingerprint density at radius 3 is 2.50 bits per heavy atom. The molecule has 0 spiro atoms. The van der Waals surface area contributed by atoms with Gasteiger partial charge in [0.1, 0.15) is 6.04 Å². The van der Waals surface area contributed by atoms with Crippen LogP contribution in [0.1, 0.15) is 24.3 Å². The summed E-state index contributed by atoms with van der Waals surface area (Å²) in [4.78, 5) is 35.4. The molecule has 2 unspecified atom stereocenters. The number of piperidine rings is 1. The normalized spacial score (nSPS) is 22.4. The van der Waals surface area contributed by atoms with Crippen LogP contribution >= 0.6 is 0 Å². The number of esters is 1. The lowest BCUT2D eigenvalue weighted by molar-refractivity contribution is -0.154. The molecule has 1 aromatic rings. The Morgan fingerprint density at radius 1 is 1.30 bits per heavy atom. The number of hydrogen-bond donors (Lipinski definition) is 1. The maximum atomic E-state index is 12.0. The highest BCUT2D eigenvalue weighted by Gasteiger charge is 2.42. The van der Waals surface area contributed by atoms with Gasteiger partial charge in [0.15, 0.2) is 0 Å². The van der Waals surface area contributed by atoms with E-state index in [0.29, 0.717) is 4.90 Å². The molecule has 20 heavy (non-hydrogen) atoms. The number of carbonyl (C=O) groups is 3.